The van der Waals surface area contributed by atoms with Crippen LogP contribution in [-0.2, 0) is 0 Å². The van der Waals surface area contributed by atoms with Crippen LogP contribution in [0.15, 0.2) is 59.7 Å². The molecule has 0 bridgehead atoms. The van der Waals surface area contributed by atoms with Gasteiger partial charge in [-0.2, -0.15) is 15.4 Å². The molecule has 1 radical (unpaired) electrons. The predicted octanol–water partition coefficient (Wildman–Crippen LogP) is 2.68. The summed E-state index contributed by atoms with van der Waals surface area (Å²) in [6.07, 6.45) is 8.39. The molecule has 3 aliphatic rings. The zero-order valence-electron chi connectivity index (χ0n) is 16.9. The Balaban J connectivity index is 1.37. The van der Waals surface area contributed by atoms with Gasteiger partial charge in [0.1, 0.15) is 6.54 Å². The van der Waals surface area contributed by atoms with Crippen molar-refractivity contribution in [3.05, 3.63) is 66.0 Å². The number of hydrogen-bond acceptors (Lipinski definition) is 7. The van der Waals surface area contributed by atoms with Gasteiger partial charge in [0, 0.05) is 35.5 Å². The quantitative estimate of drug-likeness (QED) is 0.476. The standard InChI is InChI=1S/C22H22N8O/c23-7-2-8-25-22(31)16-3-1-4-17(11-16)29-13-20-24-9-10-30(20)21(14-29)26-19-12-18(27-28-19)15-5-6-15/h1,3-4,9-12,14-15H,2,5-6,8,13H2,(H,25,31)(H2,26,27,28)/q+1. The van der Waals surface area contributed by atoms with Crippen LogP contribution in [0.4, 0.5) is 11.5 Å². The second-order valence-electron chi connectivity index (χ2n) is 7.68. The molecule has 1 saturated carbocycles. The molecule has 0 saturated heterocycles. The molecule has 1 aromatic heterocycles. The lowest BCUT2D eigenvalue weighted by atomic mass is 10.1. The number of aromatic amines is 1. The summed E-state index contributed by atoms with van der Waals surface area (Å²) in [6, 6.07) is 11.5. The minimum atomic E-state index is -0.193. The lowest BCUT2D eigenvalue weighted by Crippen LogP contribution is -2.45. The number of hydrogen-bond donors (Lipinski definition) is 3. The van der Waals surface area contributed by atoms with Crippen LogP contribution in [-0.4, -0.2) is 35.0 Å². The molecular weight excluding hydrogens is 392 g/mol. The Hall–Kier alpha value is -3.90. The molecule has 1 aromatic carbocycles. The van der Waals surface area contributed by atoms with Crippen molar-refractivity contribution in [2.75, 3.05) is 23.3 Å². The molecular formula is C22H22N8O+. The first-order valence-corrected chi connectivity index (χ1v) is 10.3. The van der Waals surface area contributed by atoms with Crippen LogP contribution < -0.4 is 20.4 Å². The molecule has 31 heavy (non-hydrogen) atoms. The highest BCUT2D eigenvalue weighted by Gasteiger charge is 2.38. The Morgan fingerprint density at radius 3 is 3.10 bits per heavy atom. The summed E-state index contributed by atoms with van der Waals surface area (Å²) < 4.78 is 0. The van der Waals surface area contributed by atoms with Gasteiger partial charge in [0.2, 0.25) is 0 Å². The monoisotopic (exact) mass is 414 g/mol. The maximum absolute atomic E-state index is 12.4. The summed E-state index contributed by atoms with van der Waals surface area (Å²) in [6.45, 7) is 0.909. The summed E-state index contributed by atoms with van der Waals surface area (Å²) >= 11 is 0. The van der Waals surface area contributed by atoms with Crippen molar-refractivity contribution >= 4 is 23.2 Å². The van der Waals surface area contributed by atoms with Crippen LogP contribution >= 0.6 is 0 Å². The Bertz CT molecular complexity index is 1130. The SMILES string of the molecule is N#CCCNC(=O)c1cccc(N2C=C(Nc3cc(C4CC4)[nH]n3)[N+]3C=CN=C3C2)c1. The summed E-state index contributed by atoms with van der Waals surface area (Å²) in [7, 11) is 0. The molecule has 2 aromatic rings. The van der Waals surface area contributed by atoms with Crippen molar-refractivity contribution in [2.24, 2.45) is 4.99 Å². The highest BCUT2D eigenvalue weighted by molar-refractivity contribution is 5.97. The van der Waals surface area contributed by atoms with Gasteiger partial charge in [0.25, 0.3) is 17.6 Å². The lowest BCUT2D eigenvalue weighted by Gasteiger charge is -2.25. The maximum Gasteiger partial charge on any atom is 0.284 e. The number of nitriles is 1. The van der Waals surface area contributed by atoms with Crippen molar-refractivity contribution in [3.63, 3.8) is 0 Å². The summed E-state index contributed by atoms with van der Waals surface area (Å²) in [4.78, 5) is 20.9. The predicted molar refractivity (Wildman–Crippen MR) is 117 cm³/mol. The fourth-order valence-electron chi connectivity index (χ4n) is 3.63. The lowest BCUT2D eigenvalue weighted by molar-refractivity contribution is 0.0954. The van der Waals surface area contributed by atoms with E-state index < -0.39 is 0 Å². The van der Waals surface area contributed by atoms with E-state index in [-0.39, 0.29) is 12.3 Å². The molecule has 0 unspecified atom stereocenters. The van der Waals surface area contributed by atoms with Gasteiger partial charge in [0.15, 0.2) is 12.0 Å². The Kier molecular flexibility index (Phi) is 4.98. The first kappa shape index (κ1) is 19.1. The van der Waals surface area contributed by atoms with E-state index in [1.807, 2.05) is 46.5 Å². The third kappa shape index (κ3) is 4.06. The fraction of sp³-hybridized carbons (Fsp3) is 0.273. The zero-order chi connectivity index (χ0) is 21.2. The van der Waals surface area contributed by atoms with E-state index in [0.717, 1.165) is 28.9 Å². The van der Waals surface area contributed by atoms with Crippen LogP contribution in [0.25, 0.3) is 0 Å². The smallest absolute Gasteiger partial charge is 0.284 e. The summed E-state index contributed by atoms with van der Waals surface area (Å²) in [5.41, 5.74) is 2.59. The van der Waals surface area contributed by atoms with Crippen LogP contribution in [0.3, 0.4) is 0 Å². The molecule has 5 rings (SSSR count). The minimum Gasteiger partial charge on any atom is -0.351 e. The maximum atomic E-state index is 12.4. The zero-order valence-corrected chi connectivity index (χ0v) is 16.9. The Labute approximate surface area is 179 Å². The molecule has 1 aliphatic carbocycles. The fourth-order valence-corrected chi connectivity index (χ4v) is 3.63. The topological polar surface area (TPSA) is 115 Å². The van der Waals surface area contributed by atoms with E-state index in [1.54, 1.807) is 12.3 Å². The van der Waals surface area contributed by atoms with Crippen molar-refractivity contribution in [1.82, 2.24) is 20.4 Å². The molecule has 9 nitrogen and oxygen atoms in total. The van der Waals surface area contributed by atoms with Crippen LogP contribution in [0.2, 0.25) is 0 Å². The summed E-state index contributed by atoms with van der Waals surface area (Å²) in [5, 5.41) is 22.3. The number of amides is 1. The highest BCUT2D eigenvalue weighted by Crippen LogP contribution is 2.39. The first-order chi connectivity index (χ1) is 15.2. The van der Waals surface area contributed by atoms with Gasteiger partial charge < -0.3 is 10.2 Å². The molecule has 155 valence electrons. The third-order valence-corrected chi connectivity index (χ3v) is 5.40. The number of rotatable bonds is 7. The molecule has 3 heterocycles. The van der Waals surface area contributed by atoms with Crippen molar-refractivity contribution in [1.29, 1.82) is 5.26 Å². The number of carbonyl (C=O) groups excluding carboxylic acids is 1. The van der Waals surface area contributed by atoms with Gasteiger partial charge in [-0.1, -0.05) is 6.07 Å². The van der Waals surface area contributed by atoms with Gasteiger partial charge in [-0.3, -0.25) is 15.2 Å². The van der Waals surface area contributed by atoms with Gasteiger partial charge in [-0.05, 0) is 35.9 Å². The molecule has 0 atom stereocenters. The first-order valence-electron chi connectivity index (χ1n) is 10.3. The molecule has 1 amide bonds. The normalized spacial score (nSPS) is 17.6. The average Bonchev–Trinajstić information content (AvgIpc) is 3.34. The average molecular weight is 414 g/mol. The minimum absolute atomic E-state index is 0.193. The van der Waals surface area contributed by atoms with E-state index >= 15 is 0 Å². The largest absolute Gasteiger partial charge is 0.351 e. The van der Waals surface area contributed by atoms with Crippen LogP contribution in [0.5, 0.6) is 0 Å². The Morgan fingerprint density at radius 1 is 1.35 bits per heavy atom. The van der Waals surface area contributed by atoms with Gasteiger partial charge in [0.05, 0.1) is 24.9 Å². The van der Waals surface area contributed by atoms with E-state index in [2.05, 4.69) is 31.9 Å². The molecule has 2 aliphatic heterocycles. The Morgan fingerprint density at radius 2 is 2.26 bits per heavy atom. The van der Waals surface area contributed by atoms with Crippen molar-refractivity contribution in [2.45, 2.75) is 25.2 Å². The number of H-pyrrole nitrogens is 1. The molecule has 9 heteroatoms. The van der Waals surface area contributed by atoms with Gasteiger partial charge in [-0.25, -0.2) is 0 Å². The number of benzene rings is 1. The second kappa shape index (κ2) is 8.08. The number of aliphatic imine (C=N–C) groups is 1. The summed E-state index contributed by atoms with van der Waals surface area (Å²) in [5.74, 6) is 2.89. The number of amidine groups is 1. The number of nitrogens with zero attached hydrogens (tertiary/aromatic N) is 5. The van der Waals surface area contributed by atoms with E-state index in [1.165, 1.54) is 12.8 Å². The number of fused-ring (bicyclic) bond motifs is 1. The van der Waals surface area contributed by atoms with Crippen LogP contribution in [0, 0.1) is 11.3 Å². The van der Waals surface area contributed by atoms with E-state index in [9.17, 15) is 4.79 Å². The number of anilines is 2. The number of carbonyl (C=O) groups is 1. The molecule has 0 spiro atoms. The molecule has 1 fully saturated rings. The highest BCUT2D eigenvalue weighted by atomic mass is 16.1. The van der Waals surface area contributed by atoms with Gasteiger partial charge in [-0.15, -0.1) is 0 Å². The number of nitrogens with one attached hydrogen (secondary N) is 3. The van der Waals surface area contributed by atoms with E-state index in [4.69, 9.17) is 5.26 Å². The van der Waals surface area contributed by atoms with Crippen LogP contribution in [0.1, 0.15) is 41.2 Å². The van der Waals surface area contributed by atoms with Crippen molar-refractivity contribution in [3.8, 4) is 6.07 Å². The number of aromatic nitrogens is 2. The van der Waals surface area contributed by atoms with Gasteiger partial charge >= 0.3 is 0 Å². The van der Waals surface area contributed by atoms with Crippen molar-refractivity contribution < 1.29 is 4.79 Å². The van der Waals surface area contributed by atoms with E-state index in [0.29, 0.717) is 24.6 Å². The second-order valence-corrected chi connectivity index (χ2v) is 7.68. The third-order valence-electron chi connectivity index (χ3n) is 5.40. The molecule has 3 N–H and O–H groups in total.